The van der Waals surface area contributed by atoms with Gasteiger partial charge in [-0.2, -0.15) is 0 Å². The van der Waals surface area contributed by atoms with E-state index in [0.717, 1.165) is 0 Å². The molecule has 86 valence electrons. The van der Waals surface area contributed by atoms with E-state index in [-0.39, 0.29) is 11.4 Å². The van der Waals surface area contributed by atoms with Crippen molar-refractivity contribution in [1.82, 2.24) is 0 Å². The van der Waals surface area contributed by atoms with Crippen LogP contribution < -0.4 is 0 Å². The molecule has 0 unspecified atom stereocenters. The zero-order valence-electron chi connectivity index (χ0n) is 9.10. The Labute approximate surface area is 92.2 Å². The van der Waals surface area contributed by atoms with Gasteiger partial charge in [0.2, 0.25) is 0 Å². The third kappa shape index (κ3) is 2.00. The maximum Gasteiger partial charge on any atom is 0.349 e. The quantitative estimate of drug-likeness (QED) is 0.581. The summed E-state index contributed by atoms with van der Waals surface area (Å²) in [5.41, 5.74) is 0.0569. The minimum absolute atomic E-state index is 0.369. The number of aryl methyl sites for hydroxylation is 2. The summed E-state index contributed by atoms with van der Waals surface area (Å²) in [6.45, 7) is 3.47. The van der Waals surface area contributed by atoms with Crippen LogP contribution in [0.15, 0.2) is 12.1 Å². The monoisotopic (exact) mass is 224 g/mol. The predicted molar refractivity (Wildman–Crippen MR) is 58.5 cm³/mol. The topological polar surface area (TPSA) is 86.3 Å². The summed E-state index contributed by atoms with van der Waals surface area (Å²) in [4.78, 5) is 20.4. The first-order valence-electron chi connectivity index (χ1n) is 4.96. The van der Waals surface area contributed by atoms with Gasteiger partial charge in [0, 0.05) is 11.1 Å². The summed E-state index contributed by atoms with van der Waals surface area (Å²) in [5.74, 6) is 0. The summed E-state index contributed by atoms with van der Waals surface area (Å²) in [5, 5.41) is 21.8. The summed E-state index contributed by atoms with van der Waals surface area (Å²) < 4.78 is 0. The van der Waals surface area contributed by atoms with Crippen molar-refractivity contribution in [3.8, 4) is 0 Å². The molecular formula is C10H12N2O4. The van der Waals surface area contributed by atoms with Crippen LogP contribution in [-0.4, -0.2) is 9.85 Å². The normalized spacial score (nSPS) is 10.1. The molecule has 1 rings (SSSR count). The standard InChI is InChI=1S/C10H12N2O4/c1-3-7-5-6-8(4-2)10(12(15)16)9(7)11(13)14/h5-6H,3-4H2,1-2H3. The molecule has 0 fully saturated rings. The van der Waals surface area contributed by atoms with E-state index in [1.54, 1.807) is 26.0 Å². The Kier molecular flexibility index (Phi) is 3.55. The van der Waals surface area contributed by atoms with Crippen molar-refractivity contribution in [1.29, 1.82) is 0 Å². The molecule has 1 aromatic rings. The fraction of sp³-hybridized carbons (Fsp3) is 0.400. The Bertz CT molecular complexity index is 402. The maximum absolute atomic E-state index is 10.9. The van der Waals surface area contributed by atoms with Crippen molar-refractivity contribution in [3.63, 3.8) is 0 Å². The molecule has 0 radical (unpaired) electrons. The smallest absolute Gasteiger partial charge is 0.258 e. The molecule has 0 N–H and O–H groups in total. The number of nitro groups is 2. The number of rotatable bonds is 4. The fourth-order valence-electron chi connectivity index (χ4n) is 1.64. The van der Waals surface area contributed by atoms with E-state index >= 15 is 0 Å². The van der Waals surface area contributed by atoms with Crippen molar-refractivity contribution < 1.29 is 9.85 Å². The third-order valence-corrected chi connectivity index (χ3v) is 2.45. The molecule has 1 aromatic carbocycles. The minimum atomic E-state index is -0.671. The van der Waals surface area contributed by atoms with Gasteiger partial charge in [-0.15, -0.1) is 0 Å². The Morgan fingerprint density at radius 2 is 1.25 bits per heavy atom. The Hall–Kier alpha value is -1.98. The second-order valence-electron chi connectivity index (χ2n) is 3.30. The molecule has 16 heavy (non-hydrogen) atoms. The SMILES string of the molecule is CCc1ccc(CC)c([N+](=O)[O-])c1[N+](=O)[O-]. The largest absolute Gasteiger partial charge is 0.349 e. The molecule has 0 aromatic heterocycles. The highest BCUT2D eigenvalue weighted by molar-refractivity contribution is 5.62. The van der Waals surface area contributed by atoms with Crippen molar-refractivity contribution >= 4 is 11.4 Å². The summed E-state index contributed by atoms with van der Waals surface area (Å²) in [6, 6.07) is 3.17. The maximum atomic E-state index is 10.9. The van der Waals surface area contributed by atoms with Crippen molar-refractivity contribution in [2.45, 2.75) is 26.7 Å². The zero-order valence-corrected chi connectivity index (χ0v) is 9.10. The first-order valence-corrected chi connectivity index (χ1v) is 4.96. The lowest BCUT2D eigenvalue weighted by atomic mass is 10.0. The molecule has 0 heterocycles. The Morgan fingerprint density at radius 1 is 0.938 bits per heavy atom. The summed E-state index contributed by atoms with van der Waals surface area (Å²) >= 11 is 0. The molecule has 0 spiro atoms. The second kappa shape index (κ2) is 4.69. The van der Waals surface area contributed by atoms with Crippen LogP contribution in [0.5, 0.6) is 0 Å². The average molecular weight is 224 g/mol. The Balaban J connectivity index is 3.60. The van der Waals surface area contributed by atoms with Gasteiger partial charge in [-0.05, 0) is 12.8 Å². The molecule has 0 aliphatic carbocycles. The van der Waals surface area contributed by atoms with Crippen LogP contribution in [0.2, 0.25) is 0 Å². The molecular weight excluding hydrogens is 212 g/mol. The number of hydrogen-bond donors (Lipinski definition) is 0. The van der Waals surface area contributed by atoms with E-state index in [1.807, 2.05) is 0 Å². The van der Waals surface area contributed by atoms with Crippen LogP contribution in [0, 0.1) is 20.2 Å². The van der Waals surface area contributed by atoms with E-state index < -0.39 is 9.85 Å². The van der Waals surface area contributed by atoms with Gasteiger partial charge in [0.25, 0.3) is 0 Å². The molecule has 6 heteroatoms. The lowest BCUT2D eigenvalue weighted by molar-refractivity contribution is -0.423. The third-order valence-electron chi connectivity index (χ3n) is 2.45. The van der Waals surface area contributed by atoms with Gasteiger partial charge in [-0.1, -0.05) is 26.0 Å². The highest BCUT2D eigenvalue weighted by atomic mass is 16.6. The molecule has 0 amide bonds. The highest BCUT2D eigenvalue weighted by Crippen LogP contribution is 2.34. The second-order valence-corrected chi connectivity index (χ2v) is 3.30. The number of nitro benzene ring substituents is 2. The average Bonchev–Trinajstić information content (AvgIpc) is 2.26. The lowest BCUT2D eigenvalue weighted by Crippen LogP contribution is -2.03. The van der Waals surface area contributed by atoms with E-state index in [9.17, 15) is 20.2 Å². The molecule has 0 bridgehead atoms. The first kappa shape index (κ1) is 12.1. The molecule has 0 atom stereocenters. The lowest BCUT2D eigenvalue weighted by Gasteiger charge is -2.04. The van der Waals surface area contributed by atoms with Crippen molar-refractivity contribution in [3.05, 3.63) is 43.5 Å². The molecule has 6 nitrogen and oxygen atoms in total. The van der Waals surface area contributed by atoms with Gasteiger partial charge in [-0.25, -0.2) is 0 Å². The first-order chi connectivity index (χ1) is 7.52. The van der Waals surface area contributed by atoms with E-state index in [2.05, 4.69) is 0 Å². The van der Waals surface area contributed by atoms with Crippen molar-refractivity contribution in [2.24, 2.45) is 0 Å². The van der Waals surface area contributed by atoms with Crippen LogP contribution in [-0.2, 0) is 12.8 Å². The number of hydrogen-bond acceptors (Lipinski definition) is 4. The highest BCUT2D eigenvalue weighted by Gasteiger charge is 2.30. The van der Waals surface area contributed by atoms with Gasteiger partial charge >= 0.3 is 11.4 Å². The van der Waals surface area contributed by atoms with Crippen LogP contribution in [0.4, 0.5) is 11.4 Å². The van der Waals surface area contributed by atoms with E-state index in [4.69, 9.17) is 0 Å². The predicted octanol–water partition coefficient (Wildman–Crippen LogP) is 2.63. The molecule has 0 aliphatic heterocycles. The van der Waals surface area contributed by atoms with Crippen LogP contribution >= 0.6 is 0 Å². The van der Waals surface area contributed by atoms with Gasteiger partial charge in [-0.3, -0.25) is 20.2 Å². The minimum Gasteiger partial charge on any atom is -0.258 e. The van der Waals surface area contributed by atoms with E-state index in [1.165, 1.54) is 0 Å². The molecule has 0 saturated heterocycles. The summed E-state index contributed by atoms with van der Waals surface area (Å²) in [7, 11) is 0. The van der Waals surface area contributed by atoms with Crippen molar-refractivity contribution in [2.75, 3.05) is 0 Å². The summed E-state index contributed by atoms with van der Waals surface area (Å²) in [6.07, 6.45) is 0.808. The Morgan fingerprint density at radius 3 is 1.44 bits per heavy atom. The zero-order chi connectivity index (χ0) is 12.3. The molecule has 0 aliphatic rings. The van der Waals surface area contributed by atoms with Crippen LogP contribution in [0.1, 0.15) is 25.0 Å². The fourth-order valence-corrected chi connectivity index (χ4v) is 1.64. The van der Waals surface area contributed by atoms with Gasteiger partial charge in [0.1, 0.15) is 0 Å². The van der Waals surface area contributed by atoms with Gasteiger partial charge < -0.3 is 0 Å². The van der Waals surface area contributed by atoms with Gasteiger partial charge in [0.15, 0.2) is 0 Å². The number of nitrogens with zero attached hydrogens (tertiary/aromatic N) is 2. The molecule has 0 saturated carbocycles. The van der Waals surface area contributed by atoms with Crippen LogP contribution in [0.3, 0.4) is 0 Å². The van der Waals surface area contributed by atoms with Gasteiger partial charge in [0.05, 0.1) is 9.85 Å². The van der Waals surface area contributed by atoms with E-state index in [0.29, 0.717) is 24.0 Å². The van der Waals surface area contributed by atoms with Crippen LogP contribution in [0.25, 0.3) is 0 Å². The number of benzene rings is 1.